The molecule has 234 valence electrons. The molecule has 0 spiro atoms. The molecule has 0 aliphatic heterocycles. The van der Waals surface area contributed by atoms with Crippen molar-refractivity contribution in [3.63, 3.8) is 0 Å². The number of aliphatic hydroxyl groups is 1. The molecule has 3 rings (SSSR count). The molecular formula is C30H48Cl2N2O7. The largest absolute Gasteiger partial charge is 0.454 e. The number of ketones is 1. The fourth-order valence-corrected chi connectivity index (χ4v) is 4.01. The van der Waals surface area contributed by atoms with Crippen LogP contribution in [-0.2, 0) is 19.1 Å². The Morgan fingerprint density at radius 2 is 1.41 bits per heavy atom. The summed E-state index contributed by atoms with van der Waals surface area (Å²) in [6, 6.07) is 15.0. The lowest BCUT2D eigenvalue weighted by molar-refractivity contribution is -0.163. The molecule has 11 heteroatoms. The van der Waals surface area contributed by atoms with Crippen LogP contribution in [-0.4, -0.2) is 65.7 Å². The number of alkyl halides is 2. The van der Waals surface area contributed by atoms with Crippen molar-refractivity contribution >= 4 is 41.0 Å². The van der Waals surface area contributed by atoms with E-state index in [1.807, 2.05) is 36.4 Å². The molecule has 0 bridgehead atoms. The molecule has 0 heterocycles. The van der Waals surface area contributed by atoms with Gasteiger partial charge in [0.1, 0.15) is 18.2 Å². The number of Topliss-reactive ketones (excluding diaryl/α,β-unsaturated/α-hetero) is 1. The minimum atomic E-state index is -1.03. The Labute approximate surface area is 255 Å². The number of rotatable bonds is 9. The number of esters is 1. The van der Waals surface area contributed by atoms with Gasteiger partial charge in [0.15, 0.2) is 0 Å². The highest BCUT2D eigenvalue weighted by Gasteiger charge is 2.32. The average molecular weight is 620 g/mol. The third kappa shape index (κ3) is 13.7. The number of aliphatic hydroxyl groups excluding tert-OH is 1. The van der Waals surface area contributed by atoms with Crippen molar-refractivity contribution < 1.29 is 34.4 Å². The summed E-state index contributed by atoms with van der Waals surface area (Å²) in [5, 5.41) is 9.76. The van der Waals surface area contributed by atoms with Gasteiger partial charge in [-0.15, -0.1) is 23.2 Å². The van der Waals surface area contributed by atoms with Gasteiger partial charge in [0.05, 0.1) is 5.34 Å². The number of carbonyl (C=O) groups excluding carboxylic acids is 3. The number of benzene rings is 2. The van der Waals surface area contributed by atoms with Gasteiger partial charge in [-0.1, -0.05) is 63.4 Å². The number of hydrogen-bond donors (Lipinski definition) is 3. The van der Waals surface area contributed by atoms with Gasteiger partial charge in [-0.25, -0.2) is 9.59 Å². The number of unbranched alkanes of at least 4 members (excludes halogenated alkanes) is 1. The van der Waals surface area contributed by atoms with E-state index in [1.54, 1.807) is 20.8 Å². The molecule has 1 aliphatic rings. The first-order valence-electron chi connectivity index (χ1n) is 12.3. The van der Waals surface area contributed by atoms with Crippen molar-refractivity contribution in [2.24, 2.45) is 5.73 Å². The van der Waals surface area contributed by atoms with Gasteiger partial charge in [0, 0.05) is 13.0 Å². The van der Waals surface area contributed by atoms with E-state index in [2.05, 4.69) is 17.4 Å². The number of fused-ring (bicyclic) bond motifs is 3. The molecule has 0 fully saturated rings. The second-order valence-corrected chi connectivity index (χ2v) is 10.1. The van der Waals surface area contributed by atoms with Crippen LogP contribution in [0.15, 0.2) is 48.5 Å². The van der Waals surface area contributed by atoms with Crippen molar-refractivity contribution in [1.29, 1.82) is 0 Å². The molecule has 9 nitrogen and oxygen atoms in total. The Balaban J connectivity index is -0.00000169. The zero-order valence-electron chi connectivity index (χ0n) is 22.8. The van der Waals surface area contributed by atoms with Crippen LogP contribution in [0.4, 0.5) is 4.79 Å². The van der Waals surface area contributed by atoms with Crippen molar-refractivity contribution in [2.75, 3.05) is 25.6 Å². The molecule has 0 aromatic heterocycles. The van der Waals surface area contributed by atoms with Gasteiger partial charge in [-0.3, -0.25) is 4.79 Å². The molecule has 1 atom stereocenters. The number of hydrogen-bond acceptors (Lipinski definition) is 7. The van der Waals surface area contributed by atoms with Crippen LogP contribution in [0.2, 0.25) is 0 Å². The summed E-state index contributed by atoms with van der Waals surface area (Å²) in [6.07, 6.45) is 0.787. The van der Waals surface area contributed by atoms with E-state index in [0.29, 0.717) is 19.4 Å². The summed E-state index contributed by atoms with van der Waals surface area (Å²) in [5.74, 6) is -1.87. The second kappa shape index (κ2) is 22.0. The van der Waals surface area contributed by atoms with Crippen LogP contribution in [0.5, 0.6) is 0 Å². The van der Waals surface area contributed by atoms with Crippen molar-refractivity contribution in [1.82, 2.24) is 5.32 Å². The Hall–Kier alpha value is -2.69. The van der Waals surface area contributed by atoms with E-state index in [9.17, 15) is 14.4 Å². The molecule has 0 saturated heterocycles. The van der Waals surface area contributed by atoms with E-state index in [0.717, 1.165) is 29.4 Å². The molecule has 2 aromatic rings. The maximum Gasteiger partial charge on any atom is 0.407 e. The summed E-state index contributed by atoms with van der Waals surface area (Å²) in [4.78, 5) is 37.5. The van der Waals surface area contributed by atoms with E-state index in [1.165, 1.54) is 0 Å². The number of amides is 1. The molecule has 0 radical (unpaired) electrons. The summed E-state index contributed by atoms with van der Waals surface area (Å²) < 4.78 is 10.7. The maximum atomic E-state index is 12.7. The first-order valence-corrected chi connectivity index (χ1v) is 13.3. The summed E-state index contributed by atoms with van der Waals surface area (Å²) >= 11 is 9.53. The minimum Gasteiger partial charge on any atom is -0.454 e. The summed E-state index contributed by atoms with van der Waals surface area (Å²) in [6.45, 7) is 5.62. The Kier molecular flexibility index (Phi) is 22.9. The highest BCUT2D eigenvalue weighted by Crippen LogP contribution is 2.44. The monoisotopic (exact) mass is 618 g/mol. The average Bonchev–Trinajstić information content (AvgIpc) is 3.21. The highest BCUT2D eigenvalue weighted by atomic mass is 35.5. The van der Waals surface area contributed by atoms with Crippen molar-refractivity contribution in [3.8, 4) is 11.1 Å². The van der Waals surface area contributed by atoms with E-state index in [-0.39, 0.29) is 44.6 Å². The standard InChI is InChI=1S/C26H32N2O5.CH2Cl2.CH4O.2CH4.H2O/c1-26(2,3)33-24(30)23(29)22(14-8-9-15-27)28-25(31)32-16-21-19-12-6-4-10-17(19)18-11-5-7-13-20(18)21;2-1-3;1-2;;;/h4-7,10-13,21-22H,8-9,14-16,27H2,1-3H3,(H,28,31);1H2;2H,1H3;2*1H4;1H2/t22-;;;;;/m0...../s1. The van der Waals surface area contributed by atoms with Gasteiger partial charge < -0.3 is 31.1 Å². The SMILES string of the molecule is C.C.CC(C)(C)OC(=O)C(=O)[C@H](CCCCN)NC(=O)OCC1c2ccccc2-c2ccccc21.CO.ClCCl.O. The number of ether oxygens (including phenoxy) is 2. The van der Waals surface area contributed by atoms with Crippen LogP contribution >= 0.6 is 23.2 Å². The smallest absolute Gasteiger partial charge is 0.407 e. The Morgan fingerprint density at radius 1 is 0.951 bits per heavy atom. The Morgan fingerprint density at radius 3 is 1.85 bits per heavy atom. The predicted octanol–water partition coefficient (Wildman–Crippen LogP) is 5.41. The van der Waals surface area contributed by atoms with Crippen LogP contribution in [0.25, 0.3) is 11.1 Å². The lowest BCUT2D eigenvalue weighted by atomic mass is 9.98. The van der Waals surface area contributed by atoms with E-state index in [4.69, 9.17) is 43.5 Å². The fraction of sp³-hybridized carbons (Fsp3) is 0.500. The van der Waals surface area contributed by atoms with Gasteiger partial charge >= 0.3 is 12.1 Å². The van der Waals surface area contributed by atoms with Crippen LogP contribution in [0.1, 0.15) is 71.9 Å². The van der Waals surface area contributed by atoms with Crippen molar-refractivity contribution in [3.05, 3.63) is 59.7 Å². The lowest BCUT2D eigenvalue weighted by Gasteiger charge is -2.22. The van der Waals surface area contributed by atoms with Crippen molar-refractivity contribution in [2.45, 2.75) is 72.4 Å². The van der Waals surface area contributed by atoms with Gasteiger partial charge in [-0.05, 0) is 68.8 Å². The normalized spacial score (nSPS) is 11.5. The van der Waals surface area contributed by atoms with E-state index >= 15 is 0 Å². The Bertz CT molecular complexity index is 1000. The highest BCUT2D eigenvalue weighted by molar-refractivity contribution is 6.40. The third-order valence-electron chi connectivity index (χ3n) is 5.50. The first-order chi connectivity index (χ1) is 18.1. The molecule has 0 saturated carbocycles. The molecular weight excluding hydrogens is 571 g/mol. The van der Waals surface area contributed by atoms with Crippen LogP contribution in [0.3, 0.4) is 0 Å². The van der Waals surface area contributed by atoms with Gasteiger partial charge in [-0.2, -0.15) is 0 Å². The number of carbonyl (C=O) groups is 3. The number of nitrogens with one attached hydrogen (secondary N) is 1. The minimum absolute atomic E-state index is 0. The first kappa shape index (κ1) is 42.8. The summed E-state index contributed by atoms with van der Waals surface area (Å²) in [5.41, 5.74) is 9.18. The molecule has 1 aliphatic carbocycles. The number of nitrogens with two attached hydrogens (primary N) is 1. The topological polar surface area (TPSA) is 159 Å². The number of halogens is 2. The number of alkyl carbamates (subject to hydrolysis) is 1. The van der Waals surface area contributed by atoms with Gasteiger partial charge in [0.2, 0.25) is 0 Å². The molecule has 1 amide bonds. The fourth-order valence-electron chi connectivity index (χ4n) is 4.01. The molecule has 6 N–H and O–H groups in total. The quantitative estimate of drug-likeness (QED) is 0.146. The summed E-state index contributed by atoms with van der Waals surface area (Å²) in [7, 11) is 1.00. The second-order valence-electron chi connectivity index (χ2n) is 9.27. The van der Waals surface area contributed by atoms with Crippen LogP contribution in [0, 0.1) is 0 Å². The maximum absolute atomic E-state index is 12.7. The molecule has 2 aromatic carbocycles. The van der Waals surface area contributed by atoms with Gasteiger partial charge in [0.25, 0.3) is 5.78 Å². The third-order valence-corrected chi connectivity index (χ3v) is 5.50. The zero-order chi connectivity index (χ0) is 28.7. The molecule has 0 unspecified atom stereocenters. The predicted molar refractivity (Wildman–Crippen MR) is 168 cm³/mol. The zero-order valence-corrected chi connectivity index (χ0v) is 24.3. The van der Waals surface area contributed by atoms with Crippen LogP contribution < -0.4 is 11.1 Å². The lowest BCUT2D eigenvalue weighted by Crippen LogP contribution is -2.46. The van der Waals surface area contributed by atoms with E-state index < -0.39 is 29.5 Å². The molecule has 41 heavy (non-hydrogen) atoms.